The third kappa shape index (κ3) is 2.75. The van der Waals surface area contributed by atoms with Gasteiger partial charge in [0.25, 0.3) is 0 Å². The quantitative estimate of drug-likeness (QED) is 0.496. The first kappa shape index (κ1) is 16.0. The lowest BCUT2D eigenvalue weighted by atomic mass is 9.81. The molecule has 1 saturated heterocycles. The Balaban J connectivity index is 1.95. The van der Waals surface area contributed by atoms with Crippen LogP contribution >= 0.6 is 0 Å². The summed E-state index contributed by atoms with van der Waals surface area (Å²) in [6, 6.07) is 5.68. The molecule has 2 aliphatic rings. The van der Waals surface area contributed by atoms with E-state index in [1.54, 1.807) is 7.11 Å². The molecular formula is C15H19N3O5. The number of aliphatic hydroxyl groups excluding tert-OH is 2. The van der Waals surface area contributed by atoms with Gasteiger partial charge in [-0.2, -0.15) is 0 Å². The molecule has 1 aromatic carbocycles. The fraction of sp³-hybridized carbons (Fsp3) is 0.600. The molecule has 0 unspecified atom stereocenters. The number of fused-ring (bicyclic) bond motifs is 2. The highest BCUT2D eigenvalue weighted by atomic mass is 16.7. The van der Waals surface area contributed by atoms with Gasteiger partial charge in [0.2, 0.25) is 6.29 Å². The Morgan fingerprint density at radius 2 is 2.13 bits per heavy atom. The minimum atomic E-state index is -1.19. The van der Waals surface area contributed by atoms with Gasteiger partial charge in [-0.3, -0.25) is 0 Å². The first-order chi connectivity index (χ1) is 11.1. The van der Waals surface area contributed by atoms with Crippen LogP contribution in [0.1, 0.15) is 17.2 Å². The van der Waals surface area contributed by atoms with E-state index in [2.05, 4.69) is 10.0 Å². The van der Waals surface area contributed by atoms with Gasteiger partial charge in [0.15, 0.2) is 0 Å². The second kappa shape index (κ2) is 6.35. The smallest absolute Gasteiger partial charge is 0.208 e. The number of methoxy groups -OCH3 is 1. The number of hydrogen-bond acceptors (Lipinski definition) is 6. The van der Waals surface area contributed by atoms with Gasteiger partial charge in [-0.25, -0.2) is 0 Å². The summed E-state index contributed by atoms with van der Waals surface area (Å²) in [6.45, 7) is 1.87. The summed E-state index contributed by atoms with van der Waals surface area (Å²) in [6.07, 6.45) is -4.38. The summed E-state index contributed by atoms with van der Waals surface area (Å²) in [5.41, 5.74) is 10.3. The molecule has 0 bridgehead atoms. The van der Waals surface area contributed by atoms with Gasteiger partial charge < -0.3 is 24.4 Å². The van der Waals surface area contributed by atoms with Crippen LogP contribution in [0.3, 0.4) is 0 Å². The van der Waals surface area contributed by atoms with Crippen LogP contribution in [0.2, 0.25) is 0 Å². The van der Waals surface area contributed by atoms with Crippen LogP contribution < -0.4 is 4.74 Å². The molecule has 0 amide bonds. The molecule has 0 radical (unpaired) electrons. The second-order valence-corrected chi connectivity index (χ2v) is 5.83. The molecule has 6 atom stereocenters. The average Bonchev–Trinajstić information content (AvgIpc) is 2.55. The van der Waals surface area contributed by atoms with Crippen molar-refractivity contribution >= 4 is 0 Å². The third-order valence-electron chi connectivity index (χ3n) is 4.39. The second-order valence-electron chi connectivity index (χ2n) is 5.83. The molecule has 2 heterocycles. The van der Waals surface area contributed by atoms with Gasteiger partial charge in [-0.1, -0.05) is 16.7 Å². The number of aryl methyl sites for hydroxylation is 1. The number of rotatable bonds is 3. The molecule has 3 rings (SSSR count). The Bertz CT molecular complexity index is 634. The standard InChI is InChI=1S/C15H19N3O5/c1-7-3-4-9-8(5-7)14(21-2)11-13(20)12(19)10(6-17-18-16)23-15(11)22-9/h3-5,10-15,19-20H,6H2,1-2H3/t10-,11+,12-,13-,14+,15+/m1/s1. The molecule has 8 nitrogen and oxygen atoms in total. The summed E-state index contributed by atoms with van der Waals surface area (Å²) in [4.78, 5) is 2.66. The SMILES string of the molecule is CO[C@H]1c2cc(C)ccc2O[C@H]2O[C@H](CN=[N+]=[N-])[C@@H](O)[C@H](O)[C@H]21. The van der Waals surface area contributed by atoms with Crippen molar-refractivity contribution in [3.05, 3.63) is 39.8 Å². The highest BCUT2D eigenvalue weighted by Crippen LogP contribution is 2.46. The molecule has 124 valence electrons. The van der Waals surface area contributed by atoms with E-state index >= 15 is 0 Å². The molecule has 1 aromatic rings. The van der Waals surface area contributed by atoms with Crippen LogP contribution in [0, 0.1) is 12.8 Å². The van der Waals surface area contributed by atoms with E-state index in [-0.39, 0.29) is 6.54 Å². The van der Waals surface area contributed by atoms with Crippen molar-refractivity contribution < 1.29 is 24.4 Å². The fourth-order valence-corrected chi connectivity index (χ4v) is 3.26. The number of ether oxygens (including phenoxy) is 3. The number of nitrogens with zero attached hydrogens (tertiary/aromatic N) is 3. The average molecular weight is 321 g/mol. The van der Waals surface area contributed by atoms with Crippen molar-refractivity contribution in [2.75, 3.05) is 13.7 Å². The van der Waals surface area contributed by atoms with E-state index in [1.165, 1.54) is 0 Å². The summed E-state index contributed by atoms with van der Waals surface area (Å²) < 4.78 is 17.1. The van der Waals surface area contributed by atoms with Crippen molar-refractivity contribution in [2.45, 2.75) is 37.6 Å². The third-order valence-corrected chi connectivity index (χ3v) is 4.39. The molecule has 1 fully saturated rings. The minimum absolute atomic E-state index is 0.0836. The van der Waals surface area contributed by atoms with Gasteiger partial charge >= 0.3 is 0 Å². The number of aliphatic hydroxyl groups is 2. The van der Waals surface area contributed by atoms with E-state index in [0.717, 1.165) is 11.1 Å². The minimum Gasteiger partial charge on any atom is -0.464 e. The van der Waals surface area contributed by atoms with Crippen molar-refractivity contribution in [3.63, 3.8) is 0 Å². The zero-order chi connectivity index (χ0) is 16.6. The molecule has 8 heteroatoms. The van der Waals surface area contributed by atoms with Crippen LogP contribution in [-0.2, 0) is 9.47 Å². The monoisotopic (exact) mass is 321 g/mol. The van der Waals surface area contributed by atoms with Crippen molar-refractivity contribution in [2.24, 2.45) is 11.0 Å². The van der Waals surface area contributed by atoms with E-state index in [0.29, 0.717) is 5.75 Å². The van der Waals surface area contributed by atoms with Gasteiger partial charge in [-0.05, 0) is 24.6 Å². The molecule has 23 heavy (non-hydrogen) atoms. The van der Waals surface area contributed by atoms with E-state index in [9.17, 15) is 10.2 Å². The Morgan fingerprint density at radius 3 is 2.83 bits per heavy atom. The summed E-state index contributed by atoms with van der Waals surface area (Å²) in [5.74, 6) is 0.0430. The molecule has 0 spiro atoms. The van der Waals surface area contributed by atoms with Crippen molar-refractivity contribution in [1.82, 2.24) is 0 Å². The van der Waals surface area contributed by atoms with Gasteiger partial charge in [0.05, 0.1) is 30.8 Å². The molecule has 0 aromatic heterocycles. The topological polar surface area (TPSA) is 117 Å². The molecule has 2 aliphatic heterocycles. The number of benzene rings is 1. The lowest BCUT2D eigenvalue weighted by Crippen LogP contribution is -2.59. The Hall–Kier alpha value is -1.83. The predicted molar refractivity (Wildman–Crippen MR) is 79.7 cm³/mol. The van der Waals surface area contributed by atoms with Gasteiger partial charge in [0, 0.05) is 17.6 Å². The number of azide groups is 1. The van der Waals surface area contributed by atoms with Crippen molar-refractivity contribution in [1.29, 1.82) is 0 Å². The molecule has 2 N–H and O–H groups in total. The fourth-order valence-electron chi connectivity index (χ4n) is 3.26. The summed E-state index contributed by atoms with van der Waals surface area (Å²) in [7, 11) is 1.55. The zero-order valence-corrected chi connectivity index (χ0v) is 12.9. The highest BCUT2D eigenvalue weighted by Gasteiger charge is 2.52. The Morgan fingerprint density at radius 1 is 1.35 bits per heavy atom. The van der Waals surface area contributed by atoms with E-state index < -0.39 is 36.6 Å². The van der Waals surface area contributed by atoms with Crippen LogP contribution in [0.15, 0.2) is 23.3 Å². The Labute approximate surface area is 133 Å². The van der Waals surface area contributed by atoms with Gasteiger partial charge in [0.1, 0.15) is 11.9 Å². The van der Waals surface area contributed by atoms with Crippen LogP contribution in [0.5, 0.6) is 5.75 Å². The maximum atomic E-state index is 10.5. The van der Waals surface area contributed by atoms with Gasteiger partial charge in [-0.15, -0.1) is 0 Å². The largest absolute Gasteiger partial charge is 0.464 e. The highest BCUT2D eigenvalue weighted by molar-refractivity contribution is 5.41. The Kier molecular flexibility index (Phi) is 4.43. The maximum absolute atomic E-state index is 10.5. The summed E-state index contributed by atoms with van der Waals surface area (Å²) >= 11 is 0. The number of hydrogen-bond donors (Lipinski definition) is 2. The normalized spacial score (nSPS) is 35.5. The lowest BCUT2D eigenvalue weighted by Gasteiger charge is -2.47. The first-order valence-electron chi connectivity index (χ1n) is 7.39. The predicted octanol–water partition coefficient (Wildman–Crippen LogP) is 1.45. The van der Waals surface area contributed by atoms with E-state index in [1.807, 2.05) is 25.1 Å². The van der Waals surface area contributed by atoms with Crippen LogP contribution in [0.25, 0.3) is 10.4 Å². The van der Waals surface area contributed by atoms with Crippen molar-refractivity contribution in [3.8, 4) is 5.75 Å². The maximum Gasteiger partial charge on any atom is 0.208 e. The van der Waals surface area contributed by atoms with Crippen LogP contribution in [-0.4, -0.2) is 48.5 Å². The summed E-state index contributed by atoms with van der Waals surface area (Å²) in [5, 5.41) is 24.2. The van der Waals surface area contributed by atoms with Crippen LogP contribution in [0.4, 0.5) is 0 Å². The lowest BCUT2D eigenvalue weighted by molar-refractivity contribution is -0.278. The zero-order valence-electron chi connectivity index (χ0n) is 12.9. The molecular weight excluding hydrogens is 302 g/mol. The van der Waals surface area contributed by atoms with E-state index in [4.69, 9.17) is 19.7 Å². The molecule has 0 saturated carbocycles. The first-order valence-corrected chi connectivity index (χ1v) is 7.39. The molecule has 0 aliphatic carbocycles.